The summed E-state index contributed by atoms with van der Waals surface area (Å²) in [4.78, 5) is 15.4. The Morgan fingerprint density at radius 1 is 1.33 bits per heavy atom. The van der Waals surface area contributed by atoms with Gasteiger partial charge in [0.2, 0.25) is 0 Å². The van der Waals surface area contributed by atoms with Gasteiger partial charge < -0.3 is 4.74 Å². The number of likely N-dealkylation sites (tertiary alicyclic amines) is 1. The Kier molecular flexibility index (Phi) is 5.09. The second-order valence-corrected chi connectivity index (χ2v) is 7.27. The Bertz CT molecular complexity index is 972. The van der Waals surface area contributed by atoms with Crippen LogP contribution in [-0.2, 0) is 6.54 Å². The van der Waals surface area contributed by atoms with E-state index in [9.17, 15) is 4.79 Å². The van der Waals surface area contributed by atoms with E-state index in [-0.39, 0.29) is 11.7 Å². The zero-order valence-corrected chi connectivity index (χ0v) is 15.8. The number of carbonyl (C=O) groups excluding carboxylic acids is 1. The number of ketones is 1. The highest BCUT2D eigenvalue weighted by molar-refractivity contribution is 6.31. The molecule has 0 spiro atoms. The minimum atomic E-state index is -0.0826. The zero-order chi connectivity index (χ0) is 18.8. The number of piperidine rings is 1. The van der Waals surface area contributed by atoms with Crippen LogP contribution in [0.2, 0.25) is 5.02 Å². The van der Waals surface area contributed by atoms with Gasteiger partial charge in [-0.25, -0.2) is 4.63 Å². The highest BCUT2D eigenvalue weighted by Crippen LogP contribution is 2.29. The van der Waals surface area contributed by atoms with Gasteiger partial charge in [0.25, 0.3) is 0 Å². The molecule has 1 aliphatic heterocycles. The number of methoxy groups -OCH3 is 1. The Hall–Kier alpha value is -2.44. The summed E-state index contributed by atoms with van der Waals surface area (Å²) in [6, 6.07) is 11.0. The number of hydrogen-bond donors (Lipinski definition) is 0. The fraction of sp³-hybridized carbons (Fsp3) is 0.350. The Balaban J connectivity index is 1.52. The summed E-state index contributed by atoms with van der Waals surface area (Å²) < 4.78 is 10.2. The summed E-state index contributed by atoms with van der Waals surface area (Å²) >= 11 is 6.10. The molecule has 7 heteroatoms. The first-order valence-corrected chi connectivity index (χ1v) is 9.34. The van der Waals surface area contributed by atoms with Crippen LogP contribution < -0.4 is 4.74 Å². The molecule has 1 aliphatic rings. The van der Waals surface area contributed by atoms with Crippen LogP contribution in [0.5, 0.6) is 5.75 Å². The van der Waals surface area contributed by atoms with Crippen LogP contribution in [0.4, 0.5) is 0 Å². The molecule has 27 heavy (non-hydrogen) atoms. The number of Topliss-reactive ketones (excluding diaryl/α,β-unsaturated/α-hetero) is 1. The Morgan fingerprint density at radius 2 is 2.22 bits per heavy atom. The van der Waals surface area contributed by atoms with Crippen molar-refractivity contribution in [2.24, 2.45) is 5.92 Å². The molecule has 2 aromatic carbocycles. The maximum atomic E-state index is 13.1. The molecule has 140 valence electrons. The minimum absolute atomic E-state index is 0.0826. The summed E-state index contributed by atoms with van der Waals surface area (Å²) in [6.07, 6.45) is 1.83. The van der Waals surface area contributed by atoms with Crippen LogP contribution in [-0.4, -0.2) is 41.2 Å². The minimum Gasteiger partial charge on any atom is -0.496 e. The summed E-state index contributed by atoms with van der Waals surface area (Å²) in [5, 5.41) is 8.44. The first kappa shape index (κ1) is 17.9. The van der Waals surface area contributed by atoms with Crippen molar-refractivity contribution in [1.82, 2.24) is 15.2 Å². The molecule has 0 radical (unpaired) electrons. The van der Waals surface area contributed by atoms with Gasteiger partial charge in [-0.3, -0.25) is 9.69 Å². The predicted octanol–water partition coefficient (Wildman–Crippen LogP) is 3.98. The molecule has 1 saturated heterocycles. The summed E-state index contributed by atoms with van der Waals surface area (Å²) in [5.74, 6) is 0.570. The number of ether oxygens (including phenoxy) is 1. The molecule has 1 fully saturated rings. The van der Waals surface area contributed by atoms with E-state index in [1.54, 1.807) is 25.3 Å². The lowest BCUT2D eigenvalue weighted by Crippen LogP contribution is -2.38. The first-order chi connectivity index (χ1) is 13.2. The van der Waals surface area contributed by atoms with Crippen molar-refractivity contribution < 1.29 is 14.2 Å². The van der Waals surface area contributed by atoms with Gasteiger partial charge in [-0.1, -0.05) is 23.7 Å². The number of fused-ring (bicyclic) bond motifs is 1. The maximum Gasteiger partial charge on any atom is 0.170 e. The lowest BCUT2D eigenvalue weighted by Gasteiger charge is -2.32. The van der Waals surface area contributed by atoms with Crippen molar-refractivity contribution in [3.8, 4) is 5.75 Å². The monoisotopic (exact) mass is 385 g/mol. The zero-order valence-electron chi connectivity index (χ0n) is 15.0. The number of aromatic nitrogens is 2. The standard InChI is InChI=1S/C20H20ClN3O3/c1-26-18-8-7-15(21)10-16(18)20(25)14-5-3-9-24(12-14)11-13-4-2-6-17-19(13)23-27-22-17/h2,4,6-8,10,14H,3,5,9,11-12H2,1H3/t14-/m1/s1. The van der Waals surface area contributed by atoms with Gasteiger partial charge in [0, 0.05) is 24.0 Å². The van der Waals surface area contributed by atoms with Crippen molar-refractivity contribution in [3.63, 3.8) is 0 Å². The first-order valence-electron chi connectivity index (χ1n) is 8.96. The van der Waals surface area contributed by atoms with E-state index in [0.29, 0.717) is 29.4 Å². The second-order valence-electron chi connectivity index (χ2n) is 6.83. The van der Waals surface area contributed by atoms with Gasteiger partial charge in [0.1, 0.15) is 16.8 Å². The molecule has 0 saturated carbocycles. The van der Waals surface area contributed by atoms with Gasteiger partial charge in [-0.2, -0.15) is 0 Å². The van der Waals surface area contributed by atoms with Crippen molar-refractivity contribution >= 4 is 28.4 Å². The van der Waals surface area contributed by atoms with Gasteiger partial charge in [0.05, 0.1) is 12.7 Å². The molecule has 0 N–H and O–H groups in total. The summed E-state index contributed by atoms with van der Waals surface area (Å²) in [7, 11) is 1.57. The van der Waals surface area contributed by atoms with E-state index < -0.39 is 0 Å². The normalized spacial score (nSPS) is 17.9. The van der Waals surface area contributed by atoms with Crippen LogP contribution in [0.3, 0.4) is 0 Å². The molecule has 1 atom stereocenters. The number of hydrogen-bond acceptors (Lipinski definition) is 6. The molecule has 6 nitrogen and oxygen atoms in total. The van der Waals surface area contributed by atoms with Crippen molar-refractivity contribution in [2.75, 3.05) is 20.2 Å². The van der Waals surface area contributed by atoms with Crippen molar-refractivity contribution in [1.29, 1.82) is 0 Å². The fourth-order valence-corrected chi connectivity index (χ4v) is 3.91. The third-order valence-electron chi connectivity index (χ3n) is 5.07. The van der Waals surface area contributed by atoms with Gasteiger partial charge >= 0.3 is 0 Å². The third kappa shape index (κ3) is 3.68. The summed E-state index contributed by atoms with van der Waals surface area (Å²) in [5.41, 5.74) is 3.14. The number of carbonyl (C=O) groups is 1. The molecule has 2 heterocycles. The van der Waals surface area contributed by atoms with Crippen LogP contribution >= 0.6 is 11.6 Å². The Morgan fingerprint density at radius 3 is 3.07 bits per heavy atom. The van der Waals surface area contributed by atoms with E-state index >= 15 is 0 Å². The number of halogens is 1. The topological polar surface area (TPSA) is 68.5 Å². The average molecular weight is 386 g/mol. The quantitative estimate of drug-likeness (QED) is 0.619. The summed E-state index contributed by atoms with van der Waals surface area (Å²) in [6.45, 7) is 2.34. The van der Waals surface area contributed by atoms with Crippen molar-refractivity contribution in [3.05, 3.63) is 52.5 Å². The van der Waals surface area contributed by atoms with E-state index in [1.807, 2.05) is 18.2 Å². The van der Waals surface area contributed by atoms with Crippen LogP contribution in [0.15, 0.2) is 41.0 Å². The molecule has 1 aromatic heterocycles. The molecule has 0 unspecified atom stereocenters. The second kappa shape index (κ2) is 7.66. The number of nitrogens with zero attached hydrogens (tertiary/aromatic N) is 3. The largest absolute Gasteiger partial charge is 0.496 e. The highest BCUT2D eigenvalue weighted by atomic mass is 35.5. The van der Waals surface area contributed by atoms with Gasteiger partial charge in [-0.15, -0.1) is 0 Å². The van der Waals surface area contributed by atoms with E-state index in [2.05, 4.69) is 15.2 Å². The fourth-order valence-electron chi connectivity index (χ4n) is 3.74. The Labute approximate surface area is 162 Å². The smallest absolute Gasteiger partial charge is 0.170 e. The lowest BCUT2D eigenvalue weighted by atomic mass is 9.89. The van der Waals surface area contributed by atoms with Gasteiger partial charge in [0.15, 0.2) is 5.78 Å². The molecule has 0 amide bonds. The SMILES string of the molecule is COc1ccc(Cl)cc1C(=O)[C@@H]1CCCN(Cc2cccc3nonc23)C1. The lowest BCUT2D eigenvalue weighted by molar-refractivity contribution is 0.0809. The molecular weight excluding hydrogens is 366 g/mol. The molecule has 0 aliphatic carbocycles. The molecule has 4 rings (SSSR count). The highest BCUT2D eigenvalue weighted by Gasteiger charge is 2.29. The molecule has 3 aromatic rings. The van der Waals surface area contributed by atoms with Crippen molar-refractivity contribution in [2.45, 2.75) is 19.4 Å². The van der Waals surface area contributed by atoms with Crippen LogP contribution in [0.1, 0.15) is 28.8 Å². The molecule has 0 bridgehead atoms. The van der Waals surface area contributed by atoms with Gasteiger partial charge in [-0.05, 0) is 59.5 Å². The average Bonchev–Trinajstić information content (AvgIpc) is 3.17. The van der Waals surface area contributed by atoms with Crippen LogP contribution in [0.25, 0.3) is 11.0 Å². The third-order valence-corrected chi connectivity index (χ3v) is 5.30. The van der Waals surface area contributed by atoms with E-state index in [4.69, 9.17) is 21.0 Å². The number of rotatable bonds is 5. The van der Waals surface area contributed by atoms with E-state index in [0.717, 1.165) is 36.0 Å². The maximum absolute atomic E-state index is 13.1. The van der Waals surface area contributed by atoms with Crippen LogP contribution in [0, 0.1) is 5.92 Å². The predicted molar refractivity (Wildman–Crippen MR) is 102 cm³/mol. The van der Waals surface area contributed by atoms with E-state index in [1.165, 1.54) is 0 Å². The number of benzene rings is 2. The molecular formula is C20H20ClN3O3.